The van der Waals surface area contributed by atoms with Crippen molar-refractivity contribution in [1.29, 1.82) is 0 Å². The third kappa shape index (κ3) is 3.82. The molecule has 2 unspecified atom stereocenters. The molecule has 1 amide bonds. The maximum absolute atomic E-state index is 12.7. The van der Waals surface area contributed by atoms with E-state index in [1.54, 1.807) is 0 Å². The maximum atomic E-state index is 12.7. The molecule has 8 heteroatoms. The third-order valence-electron chi connectivity index (χ3n) is 3.34. The van der Waals surface area contributed by atoms with E-state index in [9.17, 15) is 18.0 Å². The zero-order chi connectivity index (χ0) is 14.8. The molecule has 1 fully saturated rings. The Morgan fingerprint density at radius 3 is 2.65 bits per heavy atom. The van der Waals surface area contributed by atoms with Crippen molar-refractivity contribution in [2.75, 3.05) is 0 Å². The number of hydrogen-bond donors (Lipinski definition) is 1. The fraction of sp³-hybridized carbons (Fsp3) is 0.583. The van der Waals surface area contributed by atoms with Crippen LogP contribution in [-0.2, 0) is 0 Å². The quantitative estimate of drug-likeness (QED) is 0.914. The third-order valence-corrected chi connectivity index (χ3v) is 3.54. The first-order valence-corrected chi connectivity index (χ1v) is 6.61. The van der Waals surface area contributed by atoms with Gasteiger partial charge < -0.3 is 5.32 Å². The van der Waals surface area contributed by atoms with E-state index >= 15 is 0 Å². The summed E-state index contributed by atoms with van der Waals surface area (Å²) in [7, 11) is 0. The van der Waals surface area contributed by atoms with Gasteiger partial charge in [-0.1, -0.05) is 18.0 Å². The van der Waals surface area contributed by atoms with Gasteiger partial charge in [0.05, 0.1) is 5.92 Å². The smallest absolute Gasteiger partial charge is 0.348 e. The molecule has 0 spiro atoms. The van der Waals surface area contributed by atoms with Gasteiger partial charge in [-0.05, 0) is 31.4 Å². The van der Waals surface area contributed by atoms with Crippen molar-refractivity contribution >= 4 is 17.5 Å². The van der Waals surface area contributed by atoms with E-state index in [0.29, 0.717) is 12.8 Å². The van der Waals surface area contributed by atoms with Crippen LogP contribution < -0.4 is 5.32 Å². The Bertz CT molecular complexity index is 478. The molecule has 20 heavy (non-hydrogen) atoms. The number of carbonyl (C=O) groups is 1. The first-order chi connectivity index (χ1) is 9.36. The summed E-state index contributed by atoms with van der Waals surface area (Å²) in [5.74, 6) is -1.88. The number of nitrogens with one attached hydrogen (secondary N) is 1. The minimum absolute atomic E-state index is 0.0449. The van der Waals surface area contributed by atoms with Gasteiger partial charge in [0.1, 0.15) is 0 Å². The number of nitrogens with zero attached hydrogens (tertiary/aromatic N) is 2. The lowest BCUT2D eigenvalue weighted by molar-refractivity contribution is -0.183. The van der Waals surface area contributed by atoms with Crippen LogP contribution >= 0.6 is 11.6 Å². The Hall–Kier alpha value is -1.37. The van der Waals surface area contributed by atoms with Crippen molar-refractivity contribution in [1.82, 2.24) is 15.5 Å². The summed E-state index contributed by atoms with van der Waals surface area (Å²) < 4.78 is 38.0. The highest BCUT2D eigenvalue weighted by Crippen LogP contribution is 2.37. The molecule has 1 N–H and O–H groups in total. The van der Waals surface area contributed by atoms with Crippen molar-refractivity contribution in [3.05, 3.63) is 23.0 Å². The standard InChI is InChI=1S/C12H13ClF3N3O/c13-10-5-4-9(18-19-10)11(20)17-8-3-1-2-7(6-8)12(14,15)16/h4-5,7-8H,1-3,6H2,(H,17,20). The normalized spacial score (nSPS) is 23.4. The van der Waals surface area contributed by atoms with Crippen molar-refractivity contribution in [2.45, 2.75) is 37.9 Å². The average Bonchev–Trinajstić information content (AvgIpc) is 2.38. The molecule has 2 rings (SSSR count). The molecular weight excluding hydrogens is 295 g/mol. The van der Waals surface area contributed by atoms with E-state index in [0.717, 1.165) is 0 Å². The number of hydrogen-bond acceptors (Lipinski definition) is 3. The molecule has 0 aliphatic heterocycles. The van der Waals surface area contributed by atoms with Crippen LogP contribution in [0.1, 0.15) is 36.2 Å². The van der Waals surface area contributed by atoms with Crippen LogP contribution in [-0.4, -0.2) is 28.3 Å². The van der Waals surface area contributed by atoms with E-state index in [1.165, 1.54) is 12.1 Å². The van der Waals surface area contributed by atoms with Crippen LogP contribution in [0.15, 0.2) is 12.1 Å². The van der Waals surface area contributed by atoms with Crippen LogP contribution in [0.4, 0.5) is 13.2 Å². The SMILES string of the molecule is O=C(NC1CCCC(C(F)(F)F)C1)c1ccc(Cl)nn1. The molecule has 1 saturated carbocycles. The number of halogens is 4. The Balaban J connectivity index is 1.96. The summed E-state index contributed by atoms with van der Waals surface area (Å²) in [5.41, 5.74) is 0.0449. The van der Waals surface area contributed by atoms with Crippen LogP contribution in [0.3, 0.4) is 0 Å². The predicted molar refractivity (Wildman–Crippen MR) is 66.3 cm³/mol. The summed E-state index contributed by atoms with van der Waals surface area (Å²) >= 11 is 5.55. The maximum Gasteiger partial charge on any atom is 0.391 e. The van der Waals surface area contributed by atoms with Crippen LogP contribution in [0.5, 0.6) is 0 Å². The molecule has 110 valence electrons. The summed E-state index contributed by atoms with van der Waals surface area (Å²) in [5, 5.41) is 9.84. The average molecular weight is 308 g/mol. The molecule has 1 aromatic rings. The second kappa shape index (κ2) is 5.95. The molecule has 1 aromatic heterocycles. The molecule has 1 aliphatic carbocycles. The Morgan fingerprint density at radius 1 is 1.30 bits per heavy atom. The lowest BCUT2D eigenvalue weighted by atomic mass is 9.85. The van der Waals surface area contributed by atoms with E-state index < -0.39 is 24.0 Å². The van der Waals surface area contributed by atoms with E-state index in [1.807, 2.05) is 0 Å². The highest BCUT2D eigenvalue weighted by Gasteiger charge is 2.42. The van der Waals surface area contributed by atoms with Crippen molar-refractivity contribution in [3.63, 3.8) is 0 Å². The number of amides is 1. The minimum atomic E-state index is -4.20. The predicted octanol–water partition coefficient (Wildman–Crippen LogP) is 2.98. The van der Waals surface area contributed by atoms with Crippen molar-refractivity contribution in [3.8, 4) is 0 Å². The fourth-order valence-electron chi connectivity index (χ4n) is 2.31. The van der Waals surface area contributed by atoms with E-state index in [-0.39, 0.29) is 23.7 Å². The lowest BCUT2D eigenvalue weighted by Gasteiger charge is -2.30. The van der Waals surface area contributed by atoms with Gasteiger partial charge in [0.2, 0.25) is 0 Å². The monoisotopic (exact) mass is 307 g/mol. The highest BCUT2D eigenvalue weighted by molar-refractivity contribution is 6.29. The largest absolute Gasteiger partial charge is 0.391 e. The summed E-state index contributed by atoms with van der Waals surface area (Å²) in [6, 6.07) is 2.30. The summed E-state index contributed by atoms with van der Waals surface area (Å²) in [6.07, 6.45) is -3.18. The van der Waals surface area contributed by atoms with Gasteiger partial charge in [0, 0.05) is 6.04 Å². The van der Waals surface area contributed by atoms with E-state index in [4.69, 9.17) is 11.6 Å². The number of aromatic nitrogens is 2. The molecule has 0 bridgehead atoms. The Morgan fingerprint density at radius 2 is 2.05 bits per heavy atom. The first kappa shape index (κ1) is 15.0. The van der Waals surface area contributed by atoms with Gasteiger partial charge in [-0.2, -0.15) is 13.2 Å². The molecule has 2 atom stereocenters. The molecule has 1 aliphatic rings. The number of carbonyl (C=O) groups excluding carboxylic acids is 1. The van der Waals surface area contributed by atoms with Gasteiger partial charge in [0.15, 0.2) is 10.8 Å². The summed E-state index contributed by atoms with van der Waals surface area (Å²) in [4.78, 5) is 11.8. The first-order valence-electron chi connectivity index (χ1n) is 6.23. The molecule has 0 aromatic carbocycles. The van der Waals surface area contributed by atoms with Gasteiger partial charge in [-0.3, -0.25) is 4.79 Å². The lowest BCUT2D eigenvalue weighted by Crippen LogP contribution is -2.41. The van der Waals surface area contributed by atoms with Crippen molar-refractivity contribution in [2.24, 2.45) is 5.92 Å². The highest BCUT2D eigenvalue weighted by atomic mass is 35.5. The molecule has 4 nitrogen and oxygen atoms in total. The zero-order valence-corrected chi connectivity index (χ0v) is 11.2. The van der Waals surface area contributed by atoms with Gasteiger partial charge in [-0.25, -0.2) is 0 Å². The van der Waals surface area contributed by atoms with Gasteiger partial charge in [-0.15, -0.1) is 10.2 Å². The molecular formula is C12H13ClF3N3O. The van der Waals surface area contributed by atoms with Gasteiger partial charge >= 0.3 is 6.18 Å². The van der Waals surface area contributed by atoms with E-state index in [2.05, 4.69) is 15.5 Å². The van der Waals surface area contributed by atoms with Crippen LogP contribution in [0.2, 0.25) is 5.15 Å². The molecule has 1 heterocycles. The van der Waals surface area contributed by atoms with Crippen LogP contribution in [0.25, 0.3) is 0 Å². The van der Waals surface area contributed by atoms with Crippen molar-refractivity contribution < 1.29 is 18.0 Å². The summed E-state index contributed by atoms with van der Waals surface area (Å²) in [6.45, 7) is 0. The number of alkyl halides is 3. The number of rotatable bonds is 2. The Kier molecular flexibility index (Phi) is 4.47. The second-order valence-electron chi connectivity index (χ2n) is 4.82. The second-order valence-corrected chi connectivity index (χ2v) is 5.20. The fourth-order valence-corrected chi connectivity index (χ4v) is 2.42. The topological polar surface area (TPSA) is 54.9 Å². The Labute approximate surface area is 118 Å². The molecule has 0 saturated heterocycles. The zero-order valence-electron chi connectivity index (χ0n) is 10.5. The minimum Gasteiger partial charge on any atom is -0.348 e. The molecule has 0 radical (unpaired) electrons. The van der Waals surface area contributed by atoms with Crippen LogP contribution in [0, 0.1) is 5.92 Å². The van der Waals surface area contributed by atoms with Gasteiger partial charge in [0.25, 0.3) is 5.91 Å².